The molecule has 0 bridgehead atoms. The summed E-state index contributed by atoms with van der Waals surface area (Å²) in [4.78, 5) is 4.32. The summed E-state index contributed by atoms with van der Waals surface area (Å²) in [6.45, 7) is 5.89. The summed E-state index contributed by atoms with van der Waals surface area (Å²) in [5, 5.41) is 2.46. The molecule has 130 valence electrons. The molecule has 2 nitrogen and oxygen atoms in total. The smallest absolute Gasteiger partial charge is 0.171 e. The van der Waals surface area contributed by atoms with Crippen LogP contribution < -0.4 is 15.9 Å². The van der Waals surface area contributed by atoms with Crippen molar-refractivity contribution in [3.05, 3.63) is 103 Å². The van der Waals surface area contributed by atoms with Gasteiger partial charge in [-0.1, -0.05) is 79.4 Å². The molecule has 0 saturated carbocycles. The van der Waals surface area contributed by atoms with Crippen molar-refractivity contribution in [1.82, 2.24) is 0 Å². The number of hydrogen-bond donors (Lipinski definition) is 0. The highest BCUT2D eigenvalue weighted by Gasteiger charge is 2.30. The molecule has 3 heteroatoms. The van der Waals surface area contributed by atoms with Gasteiger partial charge in [0.15, 0.2) is 7.14 Å². The molecule has 0 aliphatic heterocycles. The number of nitrogens with zero attached hydrogens (tertiary/aromatic N) is 1. The van der Waals surface area contributed by atoms with E-state index >= 15 is 0 Å². The van der Waals surface area contributed by atoms with Crippen LogP contribution in [0.15, 0.2) is 96.5 Å². The Morgan fingerprint density at radius 2 is 1.42 bits per heavy atom. The Hall–Kier alpha value is -2.70. The Kier molecular flexibility index (Phi) is 5.35. The number of hydrogen-bond acceptors (Lipinski definition) is 2. The molecule has 0 unspecified atom stereocenters. The maximum Gasteiger partial charge on any atom is 0.171 e. The molecule has 0 amide bonds. The van der Waals surface area contributed by atoms with E-state index in [4.69, 9.17) is 0 Å². The molecule has 0 aliphatic carbocycles. The molecule has 0 aliphatic rings. The van der Waals surface area contributed by atoms with E-state index in [1.54, 1.807) is 13.1 Å². The van der Waals surface area contributed by atoms with Crippen molar-refractivity contribution in [3.63, 3.8) is 0 Å². The number of rotatable bonds is 5. The predicted octanol–water partition coefficient (Wildman–Crippen LogP) is 4.24. The lowest BCUT2D eigenvalue weighted by Crippen LogP contribution is -2.25. The van der Waals surface area contributed by atoms with Gasteiger partial charge in [-0.2, -0.15) is 0 Å². The SMILES string of the molecule is C=CC(=NC)c1cc(P(=O)(c2ccccc2)c2ccccc2)ccc1C. The van der Waals surface area contributed by atoms with Gasteiger partial charge in [0.2, 0.25) is 0 Å². The number of allylic oxidation sites excluding steroid dienone is 1. The van der Waals surface area contributed by atoms with Crippen molar-refractivity contribution in [3.8, 4) is 0 Å². The van der Waals surface area contributed by atoms with Gasteiger partial charge in [0, 0.05) is 28.5 Å². The molecule has 0 radical (unpaired) electrons. The third kappa shape index (κ3) is 3.21. The lowest BCUT2D eigenvalue weighted by atomic mass is 10.0. The highest BCUT2D eigenvalue weighted by molar-refractivity contribution is 7.85. The van der Waals surface area contributed by atoms with Crippen LogP contribution >= 0.6 is 7.14 Å². The summed E-state index contributed by atoms with van der Waals surface area (Å²) in [5.41, 5.74) is 2.85. The van der Waals surface area contributed by atoms with Gasteiger partial charge in [0.1, 0.15) is 0 Å². The van der Waals surface area contributed by atoms with Gasteiger partial charge in [-0.3, -0.25) is 4.99 Å². The van der Waals surface area contributed by atoms with Crippen molar-refractivity contribution in [2.24, 2.45) is 4.99 Å². The summed E-state index contributed by atoms with van der Waals surface area (Å²) in [5.74, 6) is 0. The van der Waals surface area contributed by atoms with Crippen molar-refractivity contribution in [2.45, 2.75) is 6.92 Å². The van der Waals surface area contributed by atoms with Crippen molar-refractivity contribution in [2.75, 3.05) is 7.05 Å². The normalized spacial score (nSPS) is 12.0. The first-order chi connectivity index (χ1) is 12.6. The first kappa shape index (κ1) is 18.1. The molecule has 26 heavy (non-hydrogen) atoms. The fraction of sp³-hybridized carbons (Fsp3) is 0.0870. The minimum absolute atomic E-state index is 0.803. The van der Waals surface area contributed by atoms with E-state index in [0.717, 1.165) is 32.8 Å². The summed E-state index contributed by atoms with van der Waals surface area (Å²) >= 11 is 0. The fourth-order valence-corrected chi connectivity index (χ4v) is 5.80. The monoisotopic (exact) mass is 359 g/mol. The molecule has 0 atom stereocenters. The van der Waals surface area contributed by atoms with Crippen LogP contribution in [-0.4, -0.2) is 12.8 Å². The fourth-order valence-electron chi connectivity index (χ4n) is 3.13. The molecule has 0 saturated heterocycles. The van der Waals surface area contributed by atoms with Crippen LogP contribution in [0.2, 0.25) is 0 Å². The zero-order valence-electron chi connectivity index (χ0n) is 15.1. The van der Waals surface area contributed by atoms with Gasteiger partial charge in [-0.25, -0.2) is 0 Å². The Labute approximate surface area is 155 Å². The number of benzene rings is 3. The van der Waals surface area contributed by atoms with E-state index < -0.39 is 7.14 Å². The highest BCUT2D eigenvalue weighted by atomic mass is 31.2. The third-order valence-corrected chi connectivity index (χ3v) is 7.59. The van der Waals surface area contributed by atoms with Gasteiger partial charge < -0.3 is 4.57 Å². The predicted molar refractivity (Wildman–Crippen MR) is 113 cm³/mol. The Bertz CT molecular complexity index is 948. The van der Waals surface area contributed by atoms with Gasteiger partial charge in [-0.15, -0.1) is 0 Å². The topological polar surface area (TPSA) is 29.4 Å². The second-order valence-corrected chi connectivity index (χ2v) is 8.86. The number of aryl methyl sites for hydroxylation is 1. The minimum Gasteiger partial charge on any atom is -0.309 e. The average Bonchev–Trinajstić information content (AvgIpc) is 2.71. The molecule has 0 spiro atoms. The maximum absolute atomic E-state index is 14.4. The second-order valence-electron chi connectivity index (χ2n) is 6.09. The zero-order valence-corrected chi connectivity index (χ0v) is 16.0. The summed E-state index contributed by atoms with van der Waals surface area (Å²) in [6.07, 6.45) is 1.74. The molecule has 3 aromatic carbocycles. The Balaban J connectivity index is 2.30. The summed E-state index contributed by atoms with van der Waals surface area (Å²) < 4.78 is 14.4. The molecule has 0 N–H and O–H groups in total. The first-order valence-electron chi connectivity index (χ1n) is 8.53. The van der Waals surface area contributed by atoms with Crippen LogP contribution in [0.5, 0.6) is 0 Å². The van der Waals surface area contributed by atoms with Gasteiger partial charge in [-0.05, 0) is 24.6 Å². The molecular formula is C23H22NOP. The highest BCUT2D eigenvalue weighted by Crippen LogP contribution is 2.42. The summed E-state index contributed by atoms with van der Waals surface area (Å²) in [6, 6.07) is 25.4. The van der Waals surface area contributed by atoms with E-state index in [0.29, 0.717) is 0 Å². The standard InChI is InChI=1S/C23H22NOP/c1-4-23(24-3)22-17-21(16-15-18(22)2)26(25,19-11-7-5-8-12-19)20-13-9-6-10-14-20/h4-17H,1H2,2-3H3. The zero-order chi connectivity index (χ0) is 18.6. The Morgan fingerprint density at radius 3 is 1.88 bits per heavy atom. The van der Waals surface area contributed by atoms with Crippen LogP contribution in [0.4, 0.5) is 0 Å². The lowest BCUT2D eigenvalue weighted by Gasteiger charge is -2.21. The largest absolute Gasteiger partial charge is 0.309 e. The van der Waals surface area contributed by atoms with Crippen molar-refractivity contribution < 1.29 is 4.57 Å². The van der Waals surface area contributed by atoms with Gasteiger partial charge >= 0.3 is 0 Å². The minimum atomic E-state index is -2.97. The third-order valence-electron chi connectivity index (χ3n) is 4.53. The number of aliphatic imine (C=N–C) groups is 1. The van der Waals surface area contributed by atoms with Crippen LogP contribution in [0.25, 0.3) is 0 Å². The lowest BCUT2D eigenvalue weighted by molar-refractivity contribution is 0.592. The molecule has 0 heterocycles. The molecule has 0 aromatic heterocycles. The molecule has 3 rings (SSSR count). The summed E-state index contributed by atoms with van der Waals surface area (Å²) in [7, 11) is -1.23. The second kappa shape index (κ2) is 7.68. The van der Waals surface area contributed by atoms with E-state index in [1.807, 2.05) is 85.8 Å². The van der Waals surface area contributed by atoms with Crippen LogP contribution in [0, 0.1) is 6.92 Å². The quantitative estimate of drug-likeness (QED) is 0.495. The van der Waals surface area contributed by atoms with E-state index in [-0.39, 0.29) is 0 Å². The first-order valence-corrected chi connectivity index (χ1v) is 10.2. The van der Waals surface area contributed by atoms with Gasteiger partial charge in [0.05, 0.1) is 5.71 Å². The van der Waals surface area contributed by atoms with E-state index in [1.165, 1.54) is 0 Å². The van der Waals surface area contributed by atoms with Gasteiger partial charge in [0.25, 0.3) is 0 Å². The maximum atomic E-state index is 14.4. The Morgan fingerprint density at radius 1 is 0.885 bits per heavy atom. The molecule has 3 aromatic rings. The van der Waals surface area contributed by atoms with E-state index in [9.17, 15) is 4.57 Å². The van der Waals surface area contributed by atoms with Crippen LogP contribution in [0.3, 0.4) is 0 Å². The molecular weight excluding hydrogens is 337 g/mol. The van der Waals surface area contributed by atoms with E-state index in [2.05, 4.69) is 11.6 Å². The van der Waals surface area contributed by atoms with Crippen molar-refractivity contribution in [1.29, 1.82) is 0 Å². The van der Waals surface area contributed by atoms with Crippen LogP contribution in [-0.2, 0) is 4.57 Å². The molecule has 0 fully saturated rings. The van der Waals surface area contributed by atoms with Crippen molar-refractivity contribution >= 4 is 28.8 Å². The average molecular weight is 359 g/mol. The van der Waals surface area contributed by atoms with Crippen LogP contribution in [0.1, 0.15) is 11.1 Å².